The number of rotatable bonds is 6. The molecule has 1 aromatic carbocycles. The Kier molecular flexibility index (Phi) is 5.22. The zero-order valence-electron chi connectivity index (χ0n) is 9.32. The smallest absolute Gasteiger partial charge is 0.125 e. The highest BCUT2D eigenvalue weighted by molar-refractivity contribution is 5.35. The molecule has 1 aromatic rings. The minimum Gasteiger partial charge on any atom is -0.493 e. The van der Waals surface area contributed by atoms with E-state index in [-0.39, 0.29) is 6.61 Å². The van der Waals surface area contributed by atoms with E-state index in [4.69, 9.17) is 9.84 Å². The minimum atomic E-state index is -0.761. The molecule has 16 heavy (non-hydrogen) atoms. The summed E-state index contributed by atoms with van der Waals surface area (Å²) in [7, 11) is 0. The predicted molar refractivity (Wildman–Crippen MR) is 58.8 cm³/mol. The van der Waals surface area contributed by atoms with Crippen molar-refractivity contribution in [1.29, 1.82) is 0 Å². The molecular formula is C12H17FO3. The normalized spacial score (nSPS) is 12.5. The summed E-state index contributed by atoms with van der Waals surface area (Å²) >= 11 is 0. The van der Waals surface area contributed by atoms with Crippen molar-refractivity contribution < 1.29 is 19.3 Å². The van der Waals surface area contributed by atoms with Crippen LogP contribution in [0.4, 0.5) is 4.39 Å². The number of aliphatic hydroxyl groups excluding tert-OH is 2. The molecule has 0 spiro atoms. The van der Waals surface area contributed by atoms with E-state index >= 15 is 0 Å². The van der Waals surface area contributed by atoms with Crippen LogP contribution in [0, 0.1) is 5.82 Å². The lowest BCUT2D eigenvalue weighted by Gasteiger charge is -2.13. The van der Waals surface area contributed by atoms with E-state index in [1.165, 1.54) is 18.2 Å². The van der Waals surface area contributed by atoms with Crippen LogP contribution in [-0.4, -0.2) is 23.4 Å². The molecule has 0 aliphatic carbocycles. The second kappa shape index (κ2) is 6.45. The number of aliphatic hydroxyl groups is 2. The van der Waals surface area contributed by atoms with E-state index in [1.807, 2.05) is 0 Å². The van der Waals surface area contributed by atoms with E-state index in [2.05, 4.69) is 0 Å². The topological polar surface area (TPSA) is 49.7 Å². The largest absolute Gasteiger partial charge is 0.493 e. The lowest BCUT2D eigenvalue weighted by atomic mass is 10.1. The van der Waals surface area contributed by atoms with Crippen LogP contribution in [-0.2, 0) is 0 Å². The fourth-order valence-electron chi connectivity index (χ4n) is 1.37. The molecule has 0 aliphatic heterocycles. The highest BCUT2D eigenvalue weighted by Gasteiger charge is 2.10. The monoisotopic (exact) mass is 228 g/mol. The summed E-state index contributed by atoms with van der Waals surface area (Å²) in [6, 6.07) is 4.08. The molecule has 0 fully saturated rings. The zero-order valence-corrected chi connectivity index (χ0v) is 9.32. The summed E-state index contributed by atoms with van der Waals surface area (Å²) in [6.45, 7) is 2.15. The molecular weight excluding hydrogens is 211 g/mol. The van der Waals surface area contributed by atoms with Crippen LogP contribution in [0.3, 0.4) is 0 Å². The van der Waals surface area contributed by atoms with Gasteiger partial charge >= 0.3 is 0 Å². The molecule has 0 amide bonds. The molecule has 0 unspecified atom stereocenters. The molecule has 1 atom stereocenters. The molecule has 90 valence electrons. The van der Waals surface area contributed by atoms with Crippen LogP contribution in [0.1, 0.15) is 31.4 Å². The van der Waals surface area contributed by atoms with Crippen molar-refractivity contribution in [3.8, 4) is 5.75 Å². The highest BCUT2D eigenvalue weighted by atomic mass is 19.1. The van der Waals surface area contributed by atoms with Crippen molar-refractivity contribution in [3.63, 3.8) is 0 Å². The first-order valence-corrected chi connectivity index (χ1v) is 5.36. The van der Waals surface area contributed by atoms with Crippen LogP contribution in [0.15, 0.2) is 18.2 Å². The third-order valence-corrected chi connectivity index (χ3v) is 2.23. The lowest BCUT2D eigenvalue weighted by molar-refractivity contribution is 0.189. The van der Waals surface area contributed by atoms with Gasteiger partial charge in [-0.1, -0.05) is 0 Å². The number of benzene rings is 1. The van der Waals surface area contributed by atoms with Crippen molar-refractivity contribution in [2.45, 2.75) is 25.9 Å². The first kappa shape index (κ1) is 12.9. The number of unbranched alkanes of at least 4 members (excludes halogenated alkanes) is 1. The first-order valence-electron chi connectivity index (χ1n) is 5.36. The standard InChI is InChI=1S/C12H17FO3/c1-9(15)11-8-10(13)4-5-12(11)16-7-3-2-6-14/h4-5,8-9,14-15H,2-3,6-7H2,1H3/t9-/m0/s1. The van der Waals surface area contributed by atoms with Crippen LogP contribution in [0.2, 0.25) is 0 Å². The molecule has 0 aromatic heterocycles. The van der Waals surface area contributed by atoms with Gasteiger partial charge in [-0.15, -0.1) is 0 Å². The van der Waals surface area contributed by atoms with Crippen LogP contribution in [0.5, 0.6) is 5.75 Å². The molecule has 0 heterocycles. The lowest BCUT2D eigenvalue weighted by Crippen LogP contribution is -2.03. The van der Waals surface area contributed by atoms with Gasteiger partial charge in [0.25, 0.3) is 0 Å². The average Bonchev–Trinajstić information content (AvgIpc) is 2.26. The van der Waals surface area contributed by atoms with Crippen molar-refractivity contribution in [2.24, 2.45) is 0 Å². The van der Waals surface area contributed by atoms with E-state index in [0.29, 0.717) is 24.3 Å². The zero-order chi connectivity index (χ0) is 12.0. The number of hydrogen-bond donors (Lipinski definition) is 2. The summed E-state index contributed by atoms with van der Waals surface area (Å²) < 4.78 is 18.4. The fourth-order valence-corrected chi connectivity index (χ4v) is 1.37. The molecule has 1 rings (SSSR count). The van der Waals surface area contributed by atoms with Gasteiger partial charge in [0, 0.05) is 12.2 Å². The van der Waals surface area contributed by atoms with Gasteiger partial charge in [-0.25, -0.2) is 4.39 Å². The Morgan fingerprint density at radius 1 is 1.38 bits per heavy atom. The Labute approximate surface area is 94.5 Å². The second-order valence-corrected chi connectivity index (χ2v) is 3.64. The summed E-state index contributed by atoms with van der Waals surface area (Å²) in [6.07, 6.45) is 0.641. The van der Waals surface area contributed by atoms with Crippen molar-refractivity contribution in [1.82, 2.24) is 0 Å². The van der Waals surface area contributed by atoms with Gasteiger partial charge in [0.15, 0.2) is 0 Å². The van der Waals surface area contributed by atoms with Crippen LogP contribution < -0.4 is 4.74 Å². The summed E-state index contributed by atoms with van der Waals surface area (Å²) in [5.41, 5.74) is 0.448. The molecule has 2 N–H and O–H groups in total. The van der Waals surface area contributed by atoms with Gasteiger partial charge in [-0.05, 0) is 38.0 Å². The Morgan fingerprint density at radius 2 is 2.12 bits per heavy atom. The van der Waals surface area contributed by atoms with Crippen molar-refractivity contribution >= 4 is 0 Å². The summed E-state index contributed by atoms with van der Waals surface area (Å²) in [5, 5.41) is 18.0. The average molecular weight is 228 g/mol. The van der Waals surface area contributed by atoms with Crippen molar-refractivity contribution in [3.05, 3.63) is 29.6 Å². The van der Waals surface area contributed by atoms with Crippen molar-refractivity contribution in [2.75, 3.05) is 13.2 Å². The number of ether oxygens (including phenoxy) is 1. The third kappa shape index (κ3) is 3.79. The Hall–Kier alpha value is -1.13. The van der Waals surface area contributed by atoms with E-state index < -0.39 is 11.9 Å². The van der Waals surface area contributed by atoms with Gasteiger partial charge in [0.05, 0.1) is 12.7 Å². The second-order valence-electron chi connectivity index (χ2n) is 3.64. The van der Waals surface area contributed by atoms with Gasteiger partial charge in [0.1, 0.15) is 11.6 Å². The molecule has 0 bridgehead atoms. The third-order valence-electron chi connectivity index (χ3n) is 2.23. The van der Waals surface area contributed by atoms with Crippen LogP contribution >= 0.6 is 0 Å². The van der Waals surface area contributed by atoms with E-state index in [0.717, 1.165) is 6.42 Å². The molecule has 3 nitrogen and oxygen atoms in total. The maximum Gasteiger partial charge on any atom is 0.125 e. The Balaban J connectivity index is 2.64. The van der Waals surface area contributed by atoms with Gasteiger partial charge in [-0.3, -0.25) is 0 Å². The molecule has 0 aliphatic rings. The van der Waals surface area contributed by atoms with Gasteiger partial charge in [-0.2, -0.15) is 0 Å². The molecule has 4 heteroatoms. The van der Waals surface area contributed by atoms with Gasteiger partial charge in [0.2, 0.25) is 0 Å². The molecule has 0 saturated heterocycles. The Bertz CT molecular complexity index is 326. The predicted octanol–water partition coefficient (Wildman–Crippen LogP) is 2.03. The van der Waals surface area contributed by atoms with E-state index in [1.54, 1.807) is 6.92 Å². The first-order chi connectivity index (χ1) is 7.65. The van der Waals surface area contributed by atoms with E-state index in [9.17, 15) is 9.50 Å². The SMILES string of the molecule is C[C@H](O)c1cc(F)ccc1OCCCCO. The fraction of sp³-hybridized carbons (Fsp3) is 0.500. The van der Waals surface area contributed by atoms with Gasteiger partial charge < -0.3 is 14.9 Å². The Morgan fingerprint density at radius 3 is 2.75 bits per heavy atom. The number of hydrogen-bond acceptors (Lipinski definition) is 3. The summed E-state index contributed by atoms with van der Waals surface area (Å²) in [4.78, 5) is 0. The highest BCUT2D eigenvalue weighted by Crippen LogP contribution is 2.26. The number of halogens is 1. The molecule has 0 saturated carbocycles. The summed E-state index contributed by atoms with van der Waals surface area (Å²) in [5.74, 6) is 0.105. The maximum atomic E-state index is 13.0. The van der Waals surface area contributed by atoms with Crippen LogP contribution in [0.25, 0.3) is 0 Å². The minimum absolute atomic E-state index is 0.135. The maximum absolute atomic E-state index is 13.0. The quantitative estimate of drug-likeness (QED) is 0.732. The molecule has 0 radical (unpaired) electrons.